The number of H-pyrrole nitrogens is 1. The number of halogens is 2. The minimum atomic E-state index is -0.577. The van der Waals surface area contributed by atoms with Gasteiger partial charge in [-0.25, -0.2) is 4.39 Å². The summed E-state index contributed by atoms with van der Waals surface area (Å²) in [6.07, 6.45) is -0.0878. The molecular formula is C19H14ClFN2O3S. The zero-order valence-electron chi connectivity index (χ0n) is 13.9. The SMILES string of the molecule is O=C(CSc1nc(O)c(Cc2ccccc2F)c(=O)[nH]1)c1ccc(Cl)cc1. The molecule has 0 atom stereocenters. The van der Waals surface area contributed by atoms with E-state index in [9.17, 15) is 19.1 Å². The molecule has 8 heteroatoms. The second-order valence-electron chi connectivity index (χ2n) is 5.66. The molecule has 0 amide bonds. The van der Waals surface area contributed by atoms with Gasteiger partial charge in [0.2, 0.25) is 5.88 Å². The van der Waals surface area contributed by atoms with Crippen molar-refractivity contribution in [1.29, 1.82) is 0 Å². The summed E-state index contributed by atoms with van der Waals surface area (Å²) >= 11 is 6.78. The maximum Gasteiger partial charge on any atom is 0.258 e. The Hall–Kier alpha value is -2.64. The third-order valence-corrected chi connectivity index (χ3v) is 4.93. The number of benzene rings is 2. The van der Waals surface area contributed by atoms with Crippen LogP contribution in [-0.4, -0.2) is 26.6 Å². The van der Waals surface area contributed by atoms with Gasteiger partial charge in [-0.1, -0.05) is 41.6 Å². The molecule has 0 unspecified atom stereocenters. The number of nitrogens with one attached hydrogen (secondary N) is 1. The molecular weight excluding hydrogens is 391 g/mol. The molecule has 0 aliphatic carbocycles. The molecule has 0 aliphatic heterocycles. The molecule has 0 aliphatic rings. The predicted octanol–water partition coefficient (Wildman–Crippen LogP) is 3.83. The molecule has 0 saturated heterocycles. The molecule has 27 heavy (non-hydrogen) atoms. The Kier molecular flexibility index (Phi) is 5.93. The minimum absolute atomic E-state index is 0.0245. The summed E-state index contributed by atoms with van der Waals surface area (Å²) in [5.74, 6) is -1.10. The number of hydrogen-bond donors (Lipinski definition) is 2. The summed E-state index contributed by atoms with van der Waals surface area (Å²) in [5.41, 5.74) is 0.147. The molecule has 3 aromatic rings. The van der Waals surface area contributed by atoms with Gasteiger partial charge in [0.1, 0.15) is 5.82 Å². The Morgan fingerprint density at radius 1 is 1.19 bits per heavy atom. The van der Waals surface area contributed by atoms with Crippen molar-refractivity contribution in [3.63, 3.8) is 0 Å². The number of ketones is 1. The van der Waals surface area contributed by atoms with E-state index in [1.54, 1.807) is 36.4 Å². The van der Waals surface area contributed by atoms with Crippen LogP contribution >= 0.6 is 23.4 Å². The fourth-order valence-corrected chi connectivity index (χ4v) is 3.26. The molecule has 0 fully saturated rings. The Balaban J connectivity index is 1.73. The Bertz CT molecular complexity index is 1040. The van der Waals surface area contributed by atoms with Crippen LogP contribution < -0.4 is 5.56 Å². The topological polar surface area (TPSA) is 83.0 Å². The van der Waals surface area contributed by atoms with Crippen LogP contribution in [0.4, 0.5) is 4.39 Å². The summed E-state index contributed by atoms with van der Waals surface area (Å²) in [4.78, 5) is 30.8. The van der Waals surface area contributed by atoms with Crippen molar-refractivity contribution in [2.75, 3.05) is 5.75 Å². The van der Waals surface area contributed by atoms with Gasteiger partial charge in [0, 0.05) is 17.0 Å². The first kappa shape index (κ1) is 19.1. The predicted molar refractivity (Wildman–Crippen MR) is 102 cm³/mol. The van der Waals surface area contributed by atoms with E-state index in [1.165, 1.54) is 12.1 Å². The molecule has 0 saturated carbocycles. The van der Waals surface area contributed by atoms with Gasteiger partial charge in [-0.3, -0.25) is 9.59 Å². The molecule has 1 aromatic heterocycles. The summed E-state index contributed by atoms with van der Waals surface area (Å²) in [5, 5.41) is 10.7. The normalized spacial score (nSPS) is 10.7. The fraction of sp³-hybridized carbons (Fsp3) is 0.105. The van der Waals surface area contributed by atoms with Crippen LogP contribution in [0.15, 0.2) is 58.5 Å². The zero-order chi connectivity index (χ0) is 19.4. The van der Waals surface area contributed by atoms with Crippen LogP contribution in [0.5, 0.6) is 5.88 Å². The van der Waals surface area contributed by atoms with Crippen molar-refractivity contribution in [1.82, 2.24) is 9.97 Å². The van der Waals surface area contributed by atoms with Gasteiger partial charge < -0.3 is 10.1 Å². The molecule has 3 rings (SSSR count). The first-order chi connectivity index (χ1) is 12.9. The Morgan fingerprint density at radius 2 is 1.89 bits per heavy atom. The van der Waals surface area contributed by atoms with E-state index in [-0.39, 0.29) is 34.2 Å². The van der Waals surface area contributed by atoms with Gasteiger partial charge >= 0.3 is 0 Å². The lowest BCUT2D eigenvalue weighted by atomic mass is 10.1. The number of carbonyl (C=O) groups is 1. The Labute approximate surface area is 163 Å². The quantitative estimate of drug-likeness (QED) is 0.370. The van der Waals surface area contributed by atoms with Crippen LogP contribution in [0, 0.1) is 5.82 Å². The average molecular weight is 405 g/mol. The lowest BCUT2D eigenvalue weighted by molar-refractivity contribution is 0.102. The van der Waals surface area contributed by atoms with Crippen LogP contribution in [0.3, 0.4) is 0 Å². The molecule has 138 valence electrons. The van der Waals surface area contributed by atoms with Crippen LogP contribution in [0.1, 0.15) is 21.5 Å². The van der Waals surface area contributed by atoms with Crippen LogP contribution in [0.25, 0.3) is 0 Å². The average Bonchev–Trinajstić information content (AvgIpc) is 2.64. The second-order valence-corrected chi connectivity index (χ2v) is 7.06. The van der Waals surface area contributed by atoms with Crippen molar-refractivity contribution < 1.29 is 14.3 Å². The van der Waals surface area contributed by atoms with Gasteiger partial charge in [0.05, 0.1) is 11.3 Å². The number of rotatable bonds is 6. The number of hydrogen-bond acceptors (Lipinski definition) is 5. The minimum Gasteiger partial charge on any atom is -0.493 e. The molecule has 2 aromatic carbocycles. The smallest absolute Gasteiger partial charge is 0.258 e. The van der Waals surface area contributed by atoms with E-state index in [4.69, 9.17) is 11.6 Å². The monoisotopic (exact) mass is 404 g/mol. The van der Waals surface area contributed by atoms with Gasteiger partial charge in [-0.2, -0.15) is 4.98 Å². The first-order valence-electron chi connectivity index (χ1n) is 7.91. The van der Waals surface area contributed by atoms with E-state index < -0.39 is 17.3 Å². The highest BCUT2D eigenvalue weighted by Gasteiger charge is 2.15. The number of aromatic hydroxyl groups is 1. The highest BCUT2D eigenvalue weighted by Crippen LogP contribution is 2.21. The van der Waals surface area contributed by atoms with Crippen LogP contribution in [0.2, 0.25) is 5.02 Å². The van der Waals surface area contributed by atoms with Gasteiger partial charge in [0.25, 0.3) is 5.56 Å². The third kappa shape index (κ3) is 4.75. The number of Topliss-reactive ketones (excluding diaryl/α,β-unsaturated/α-hetero) is 1. The molecule has 0 bridgehead atoms. The molecule has 5 nitrogen and oxygen atoms in total. The fourth-order valence-electron chi connectivity index (χ4n) is 2.38. The van der Waals surface area contributed by atoms with E-state index in [1.807, 2.05) is 0 Å². The number of nitrogens with zero attached hydrogens (tertiary/aromatic N) is 1. The summed E-state index contributed by atoms with van der Waals surface area (Å²) in [6, 6.07) is 12.4. The maximum absolute atomic E-state index is 13.7. The number of thioether (sulfide) groups is 1. The van der Waals surface area contributed by atoms with E-state index >= 15 is 0 Å². The van der Waals surface area contributed by atoms with E-state index in [2.05, 4.69) is 9.97 Å². The largest absolute Gasteiger partial charge is 0.493 e. The van der Waals surface area contributed by atoms with Gasteiger partial charge in [-0.15, -0.1) is 0 Å². The molecule has 2 N–H and O–H groups in total. The first-order valence-corrected chi connectivity index (χ1v) is 9.27. The highest BCUT2D eigenvalue weighted by atomic mass is 35.5. The number of aromatic amines is 1. The van der Waals surface area contributed by atoms with Crippen LogP contribution in [-0.2, 0) is 6.42 Å². The maximum atomic E-state index is 13.7. The lowest BCUT2D eigenvalue weighted by Gasteiger charge is -2.07. The van der Waals surface area contributed by atoms with Crippen molar-refractivity contribution >= 4 is 29.1 Å². The highest BCUT2D eigenvalue weighted by molar-refractivity contribution is 7.99. The summed E-state index contributed by atoms with van der Waals surface area (Å²) in [6.45, 7) is 0. The van der Waals surface area contributed by atoms with Crippen molar-refractivity contribution in [2.45, 2.75) is 11.6 Å². The summed E-state index contributed by atoms with van der Waals surface area (Å²) < 4.78 is 13.7. The van der Waals surface area contributed by atoms with Gasteiger partial charge in [0.15, 0.2) is 10.9 Å². The molecule has 0 radical (unpaired) electrons. The number of aromatic nitrogens is 2. The van der Waals surface area contributed by atoms with Crippen molar-refractivity contribution in [3.8, 4) is 5.88 Å². The standard InChI is InChI=1S/C19H14ClFN2O3S/c20-13-7-5-11(6-8-13)16(24)10-27-19-22-17(25)14(18(26)23-19)9-12-3-1-2-4-15(12)21/h1-8H,9-10H2,(H2,22,23,25,26). The van der Waals surface area contributed by atoms with E-state index in [0.717, 1.165) is 11.8 Å². The van der Waals surface area contributed by atoms with Gasteiger partial charge in [-0.05, 0) is 35.9 Å². The third-order valence-electron chi connectivity index (χ3n) is 3.80. The molecule has 0 spiro atoms. The molecule has 1 heterocycles. The zero-order valence-corrected chi connectivity index (χ0v) is 15.5. The number of carbonyl (C=O) groups excluding carboxylic acids is 1. The Morgan fingerprint density at radius 3 is 2.56 bits per heavy atom. The summed E-state index contributed by atoms with van der Waals surface area (Å²) in [7, 11) is 0. The lowest BCUT2D eigenvalue weighted by Crippen LogP contribution is -2.16. The van der Waals surface area contributed by atoms with Crippen molar-refractivity contribution in [2.24, 2.45) is 0 Å². The van der Waals surface area contributed by atoms with E-state index in [0.29, 0.717) is 10.6 Å². The second kappa shape index (κ2) is 8.37. The van der Waals surface area contributed by atoms with Crippen molar-refractivity contribution in [3.05, 3.63) is 86.4 Å².